The molecule has 1 saturated heterocycles. The van der Waals surface area contributed by atoms with E-state index in [0.29, 0.717) is 12.2 Å². The average Bonchev–Trinajstić information content (AvgIpc) is 2.90. The van der Waals surface area contributed by atoms with Crippen LogP contribution in [0.15, 0.2) is 0 Å². The molecule has 0 bridgehead atoms. The molecule has 1 aliphatic carbocycles. The van der Waals surface area contributed by atoms with Crippen LogP contribution >= 0.6 is 0 Å². The summed E-state index contributed by atoms with van der Waals surface area (Å²) in [5, 5.41) is 0. The number of likely N-dealkylation sites (tertiary alicyclic amines) is 1. The molecule has 0 aromatic rings. The lowest BCUT2D eigenvalue weighted by Crippen LogP contribution is -2.53. The van der Waals surface area contributed by atoms with Crippen molar-refractivity contribution >= 4 is 5.91 Å². The number of piperidine rings is 1. The van der Waals surface area contributed by atoms with Gasteiger partial charge in [-0.05, 0) is 31.1 Å². The second-order valence-electron chi connectivity index (χ2n) is 7.41. The van der Waals surface area contributed by atoms with Gasteiger partial charge in [-0.3, -0.25) is 4.79 Å². The standard InChI is InChI=1S/C16H30N2O2/c1-16(2,3)14(17)15(19)18-10-8-13(9-11-18)20-12-6-4-5-7-12/h12-14H,4-11,17H2,1-3H3/t14-/m1/s1. The Bertz CT molecular complexity index is 324. The van der Waals surface area contributed by atoms with Crippen LogP contribution in [-0.2, 0) is 9.53 Å². The van der Waals surface area contributed by atoms with E-state index in [2.05, 4.69) is 0 Å². The van der Waals surface area contributed by atoms with E-state index < -0.39 is 6.04 Å². The lowest BCUT2D eigenvalue weighted by atomic mass is 9.86. The van der Waals surface area contributed by atoms with Gasteiger partial charge >= 0.3 is 0 Å². The lowest BCUT2D eigenvalue weighted by molar-refractivity contribution is -0.138. The number of hydrogen-bond acceptors (Lipinski definition) is 3. The fraction of sp³-hybridized carbons (Fsp3) is 0.938. The largest absolute Gasteiger partial charge is 0.375 e. The van der Waals surface area contributed by atoms with E-state index in [-0.39, 0.29) is 11.3 Å². The monoisotopic (exact) mass is 282 g/mol. The number of hydrogen-bond donors (Lipinski definition) is 1. The number of carbonyl (C=O) groups excluding carboxylic acids is 1. The molecule has 0 spiro atoms. The molecule has 1 heterocycles. The summed E-state index contributed by atoms with van der Waals surface area (Å²) in [7, 11) is 0. The number of nitrogens with zero attached hydrogens (tertiary/aromatic N) is 1. The van der Waals surface area contributed by atoms with Crippen molar-refractivity contribution in [2.24, 2.45) is 11.1 Å². The van der Waals surface area contributed by atoms with Gasteiger partial charge in [0.15, 0.2) is 0 Å². The molecule has 0 unspecified atom stereocenters. The quantitative estimate of drug-likeness (QED) is 0.864. The van der Waals surface area contributed by atoms with E-state index in [1.165, 1.54) is 25.7 Å². The SMILES string of the molecule is CC(C)(C)[C@H](N)C(=O)N1CCC(OC2CCCC2)CC1. The Hall–Kier alpha value is -0.610. The number of amides is 1. The normalized spacial score (nSPS) is 24.1. The van der Waals surface area contributed by atoms with Gasteiger partial charge in [0.05, 0.1) is 18.2 Å². The molecule has 1 aliphatic heterocycles. The summed E-state index contributed by atoms with van der Waals surface area (Å²) in [6.45, 7) is 7.64. The van der Waals surface area contributed by atoms with Gasteiger partial charge in [-0.2, -0.15) is 0 Å². The second-order valence-corrected chi connectivity index (χ2v) is 7.41. The Labute approximate surface area is 123 Å². The Morgan fingerprint density at radius 1 is 1.10 bits per heavy atom. The van der Waals surface area contributed by atoms with E-state index in [4.69, 9.17) is 10.5 Å². The topological polar surface area (TPSA) is 55.6 Å². The van der Waals surface area contributed by atoms with Gasteiger partial charge in [0.25, 0.3) is 0 Å². The zero-order valence-electron chi connectivity index (χ0n) is 13.2. The summed E-state index contributed by atoms with van der Waals surface area (Å²) in [4.78, 5) is 14.3. The smallest absolute Gasteiger partial charge is 0.240 e. The van der Waals surface area contributed by atoms with Crippen molar-refractivity contribution in [1.29, 1.82) is 0 Å². The highest BCUT2D eigenvalue weighted by Crippen LogP contribution is 2.26. The van der Waals surface area contributed by atoms with E-state index in [0.717, 1.165) is 25.9 Å². The number of carbonyl (C=O) groups is 1. The van der Waals surface area contributed by atoms with Crippen LogP contribution in [0.2, 0.25) is 0 Å². The van der Waals surface area contributed by atoms with Crippen molar-refractivity contribution in [3.05, 3.63) is 0 Å². The zero-order chi connectivity index (χ0) is 14.8. The summed E-state index contributed by atoms with van der Waals surface area (Å²) in [5.41, 5.74) is 5.90. The highest BCUT2D eigenvalue weighted by atomic mass is 16.5. The lowest BCUT2D eigenvalue weighted by Gasteiger charge is -2.37. The molecule has 2 rings (SSSR count). The van der Waals surface area contributed by atoms with E-state index in [1.807, 2.05) is 25.7 Å². The van der Waals surface area contributed by atoms with Crippen LogP contribution in [0.4, 0.5) is 0 Å². The van der Waals surface area contributed by atoms with Crippen molar-refractivity contribution in [2.45, 2.75) is 77.5 Å². The van der Waals surface area contributed by atoms with Crippen LogP contribution in [0.1, 0.15) is 59.3 Å². The second kappa shape index (κ2) is 6.44. The first-order valence-electron chi connectivity index (χ1n) is 8.08. The third-order valence-corrected chi connectivity index (χ3v) is 4.64. The highest BCUT2D eigenvalue weighted by Gasteiger charge is 2.33. The molecule has 0 aromatic heterocycles. The predicted octanol–water partition coefficient (Wildman–Crippen LogP) is 2.31. The third kappa shape index (κ3) is 3.95. The Morgan fingerprint density at radius 3 is 2.10 bits per heavy atom. The molecule has 1 atom stereocenters. The van der Waals surface area contributed by atoms with E-state index in [9.17, 15) is 4.79 Å². The van der Waals surface area contributed by atoms with Crippen LogP contribution in [0, 0.1) is 5.41 Å². The average molecular weight is 282 g/mol. The molecule has 2 aliphatic rings. The first kappa shape index (κ1) is 15.8. The van der Waals surface area contributed by atoms with Gasteiger partial charge in [0, 0.05) is 13.1 Å². The Balaban J connectivity index is 1.77. The van der Waals surface area contributed by atoms with E-state index in [1.54, 1.807) is 0 Å². The van der Waals surface area contributed by atoms with Gasteiger partial charge in [-0.1, -0.05) is 33.6 Å². The van der Waals surface area contributed by atoms with Crippen LogP contribution in [0.3, 0.4) is 0 Å². The van der Waals surface area contributed by atoms with Crippen molar-refractivity contribution in [3.63, 3.8) is 0 Å². The summed E-state index contributed by atoms with van der Waals surface area (Å²) < 4.78 is 6.14. The Morgan fingerprint density at radius 2 is 1.60 bits per heavy atom. The minimum Gasteiger partial charge on any atom is -0.375 e. The van der Waals surface area contributed by atoms with Crippen LogP contribution in [-0.4, -0.2) is 42.1 Å². The fourth-order valence-corrected chi connectivity index (χ4v) is 3.08. The molecule has 116 valence electrons. The Kier molecular flexibility index (Phi) is 5.08. The molecule has 0 radical (unpaired) electrons. The molecule has 2 fully saturated rings. The van der Waals surface area contributed by atoms with E-state index >= 15 is 0 Å². The maximum atomic E-state index is 12.4. The molecule has 1 saturated carbocycles. The highest BCUT2D eigenvalue weighted by molar-refractivity contribution is 5.82. The first-order chi connectivity index (χ1) is 9.38. The summed E-state index contributed by atoms with van der Waals surface area (Å²) in [6.07, 6.45) is 7.78. The van der Waals surface area contributed by atoms with Crippen molar-refractivity contribution < 1.29 is 9.53 Å². The predicted molar refractivity (Wildman–Crippen MR) is 80.4 cm³/mol. The number of ether oxygens (including phenoxy) is 1. The van der Waals surface area contributed by atoms with Crippen LogP contribution in [0.5, 0.6) is 0 Å². The molecule has 1 amide bonds. The fourth-order valence-electron chi connectivity index (χ4n) is 3.08. The van der Waals surface area contributed by atoms with Crippen LogP contribution < -0.4 is 5.73 Å². The van der Waals surface area contributed by atoms with Gasteiger partial charge in [-0.25, -0.2) is 0 Å². The molecule has 4 nitrogen and oxygen atoms in total. The maximum Gasteiger partial charge on any atom is 0.240 e. The minimum atomic E-state index is -0.408. The molecule has 2 N–H and O–H groups in total. The maximum absolute atomic E-state index is 12.4. The zero-order valence-corrected chi connectivity index (χ0v) is 13.2. The van der Waals surface area contributed by atoms with Crippen molar-refractivity contribution in [3.8, 4) is 0 Å². The molecular formula is C16H30N2O2. The number of rotatable bonds is 3. The van der Waals surface area contributed by atoms with Crippen molar-refractivity contribution in [2.75, 3.05) is 13.1 Å². The van der Waals surface area contributed by atoms with Gasteiger partial charge in [0.2, 0.25) is 5.91 Å². The van der Waals surface area contributed by atoms with Crippen LogP contribution in [0.25, 0.3) is 0 Å². The van der Waals surface area contributed by atoms with Gasteiger partial charge in [0.1, 0.15) is 0 Å². The summed E-state index contributed by atoms with van der Waals surface area (Å²) in [6, 6.07) is -0.408. The van der Waals surface area contributed by atoms with Crippen molar-refractivity contribution in [1.82, 2.24) is 4.90 Å². The minimum absolute atomic E-state index is 0.0943. The summed E-state index contributed by atoms with van der Waals surface area (Å²) >= 11 is 0. The molecular weight excluding hydrogens is 252 g/mol. The third-order valence-electron chi connectivity index (χ3n) is 4.64. The van der Waals surface area contributed by atoms with Gasteiger partial charge < -0.3 is 15.4 Å². The first-order valence-corrected chi connectivity index (χ1v) is 8.08. The molecule has 20 heavy (non-hydrogen) atoms. The molecule has 4 heteroatoms. The summed E-state index contributed by atoms with van der Waals surface area (Å²) in [5.74, 6) is 0.0943. The van der Waals surface area contributed by atoms with Gasteiger partial charge in [-0.15, -0.1) is 0 Å². The molecule has 0 aromatic carbocycles. The number of nitrogens with two attached hydrogens (primary N) is 1.